The van der Waals surface area contributed by atoms with E-state index in [9.17, 15) is 26.4 Å². The van der Waals surface area contributed by atoms with Crippen molar-refractivity contribution in [2.45, 2.75) is 37.4 Å². The van der Waals surface area contributed by atoms with Crippen molar-refractivity contribution in [3.8, 4) is 0 Å². The molecule has 0 aromatic heterocycles. The molecular weight excluding hydrogens is 337 g/mol. The van der Waals surface area contributed by atoms with E-state index in [2.05, 4.69) is 5.32 Å². The molecule has 0 aliphatic rings. The third-order valence-electron chi connectivity index (χ3n) is 2.94. The number of sulfonamides is 1. The van der Waals surface area contributed by atoms with Crippen molar-refractivity contribution in [1.29, 1.82) is 0 Å². The molecule has 0 fully saturated rings. The topological polar surface area (TPSA) is 109 Å². The first kappa shape index (κ1) is 19.2. The van der Waals surface area contributed by atoms with Crippen LogP contribution in [0.1, 0.15) is 25.8 Å². The number of carboxylic acids is 1. The van der Waals surface area contributed by atoms with Gasteiger partial charge in [-0.2, -0.15) is 13.2 Å². The Kier molecular flexibility index (Phi) is 5.65. The molecule has 0 saturated carbocycles. The second-order valence-electron chi connectivity index (χ2n) is 5.42. The van der Waals surface area contributed by atoms with Crippen LogP contribution in [0.4, 0.5) is 18.9 Å². The first-order valence-electron chi connectivity index (χ1n) is 6.55. The van der Waals surface area contributed by atoms with Gasteiger partial charge >= 0.3 is 12.1 Å². The van der Waals surface area contributed by atoms with Crippen LogP contribution in [0.25, 0.3) is 0 Å². The number of carboxylic acid groups (broad SMARTS) is 1. The fourth-order valence-corrected chi connectivity index (χ4v) is 2.72. The molecule has 0 aliphatic heterocycles. The van der Waals surface area contributed by atoms with E-state index in [1.807, 2.05) is 0 Å². The Hall–Kier alpha value is -1.81. The second kappa shape index (κ2) is 6.75. The number of benzene rings is 1. The summed E-state index contributed by atoms with van der Waals surface area (Å²) in [5.41, 5.74) is -1.60. The molecule has 6 nitrogen and oxygen atoms in total. The molecule has 130 valence electrons. The number of primary sulfonamides is 1. The summed E-state index contributed by atoms with van der Waals surface area (Å²) in [7, 11) is -4.56. The summed E-state index contributed by atoms with van der Waals surface area (Å²) in [6.45, 7) is 3.53. The zero-order chi connectivity index (χ0) is 18.0. The van der Waals surface area contributed by atoms with Crippen LogP contribution in [-0.2, 0) is 21.0 Å². The molecular formula is C13H17F3N2O4S. The maximum atomic E-state index is 13.0. The molecule has 0 unspecified atom stereocenters. The summed E-state index contributed by atoms with van der Waals surface area (Å²) in [6.07, 6.45) is -4.76. The Morgan fingerprint density at radius 3 is 2.30 bits per heavy atom. The minimum Gasteiger partial charge on any atom is -0.480 e. The smallest absolute Gasteiger partial charge is 0.417 e. The Morgan fingerprint density at radius 1 is 1.35 bits per heavy atom. The molecule has 1 aromatic rings. The van der Waals surface area contributed by atoms with Gasteiger partial charge in [0.2, 0.25) is 10.0 Å². The molecule has 10 heteroatoms. The highest BCUT2D eigenvalue weighted by Crippen LogP contribution is 2.35. The van der Waals surface area contributed by atoms with Gasteiger partial charge in [-0.05, 0) is 30.5 Å². The van der Waals surface area contributed by atoms with Gasteiger partial charge in [-0.25, -0.2) is 18.4 Å². The van der Waals surface area contributed by atoms with E-state index in [1.54, 1.807) is 13.8 Å². The lowest BCUT2D eigenvalue weighted by Crippen LogP contribution is -2.31. The highest BCUT2D eigenvalue weighted by atomic mass is 32.2. The van der Waals surface area contributed by atoms with Crippen LogP contribution >= 0.6 is 0 Å². The predicted molar refractivity (Wildman–Crippen MR) is 77.3 cm³/mol. The second-order valence-corrected chi connectivity index (χ2v) is 6.95. The largest absolute Gasteiger partial charge is 0.480 e. The van der Waals surface area contributed by atoms with Crippen molar-refractivity contribution >= 4 is 21.7 Å². The molecule has 0 saturated heterocycles. The van der Waals surface area contributed by atoms with Gasteiger partial charge in [-0.3, -0.25) is 0 Å². The van der Waals surface area contributed by atoms with Crippen LogP contribution in [0, 0.1) is 5.92 Å². The third-order valence-corrected chi connectivity index (χ3v) is 3.91. The number of halogens is 3. The highest BCUT2D eigenvalue weighted by molar-refractivity contribution is 7.89. The number of carbonyl (C=O) groups is 1. The van der Waals surface area contributed by atoms with Crippen molar-refractivity contribution in [1.82, 2.24) is 0 Å². The Labute approximate surface area is 131 Å². The minimum atomic E-state index is -4.95. The molecule has 1 atom stereocenters. The monoisotopic (exact) mass is 354 g/mol. The lowest BCUT2D eigenvalue weighted by atomic mass is 10.0. The molecule has 0 aliphatic carbocycles. The molecule has 23 heavy (non-hydrogen) atoms. The average molecular weight is 354 g/mol. The first-order valence-corrected chi connectivity index (χ1v) is 8.10. The molecule has 0 bridgehead atoms. The molecule has 1 aromatic carbocycles. The molecule has 4 N–H and O–H groups in total. The summed E-state index contributed by atoms with van der Waals surface area (Å²) in [5, 5.41) is 16.3. The number of hydrogen-bond donors (Lipinski definition) is 3. The van der Waals surface area contributed by atoms with Gasteiger partial charge in [0.1, 0.15) is 6.04 Å². The van der Waals surface area contributed by atoms with E-state index in [-0.39, 0.29) is 18.0 Å². The van der Waals surface area contributed by atoms with Gasteiger partial charge in [-0.15, -0.1) is 0 Å². The van der Waals surface area contributed by atoms with E-state index < -0.39 is 38.7 Å². The van der Waals surface area contributed by atoms with E-state index in [0.717, 1.165) is 6.07 Å². The van der Waals surface area contributed by atoms with Gasteiger partial charge in [0.15, 0.2) is 0 Å². The summed E-state index contributed by atoms with van der Waals surface area (Å²) in [4.78, 5) is 10.1. The number of aliphatic carboxylic acids is 1. The number of alkyl halides is 3. The van der Waals surface area contributed by atoms with Gasteiger partial charge in [-0.1, -0.05) is 13.8 Å². The number of nitrogens with two attached hydrogens (primary N) is 1. The molecule has 0 radical (unpaired) electrons. The van der Waals surface area contributed by atoms with Gasteiger partial charge in [0, 0.05) is 5.69 Å². The average Bonchev–Trinajstić information content (AvgIpc) is 2.34. The van der Waals surface area contributed by atoms with Crippen molar-refractivity contribution in [3.63, 3.8) is 0 Å². The van der Waals surface area contributed by atoms with E-state index >= 15 is 0 Å². The number of rotatable bonds is 6. The van der Waals surface area contributed by atoms with E-state index in [4.69, 9.17) is 10.2 Å². The highest BCUT2D eigenvalue weighted by Gasteiger charge is 2.37. The maximum absolute atomic E-state index is 13.0. The van der Waals surface area contributed by atoms with Crippen LogP contribution in [-0.4, -0.2) is 25.5 Å². The molecule has 1 rings (SSSR count). The SMILES string of the molecule is CC(C)C[C@@H](Nc1ccc(S(N)(=O)=O)c(C(F)(F)F)c1)C(=O)O. The zero-order valence-corrected chi connectivity index (χ0v) is 13.2. The number of nitrogens with one attached hydrogen (secondary N) is 1. The summed E-state index contributed by atoms with van der Waals surface area (Å²) >= 11 is 0. The fraction of sp³-hybridized carbons (Fsp3) is 0.462. The van der Waals surface area contributed by atoms with Gasteiger partial charge < -0.3 is 10.4 Å². The van der Waals surface area contributed by atoms with E-state index in [1.165, 1.54) is 0 Å². The number of anilines is 1. The molecule has 0 amide bonds. The van der Waals surface area contributed by atoms with Crippen LogP contribution in [0.5, 0.6) is 0 Å². The first-order chi connectivity index (χ1) is 10.3. The molecule has 0 heterocycles. The fourth-order valence-electron chi connectivity index (χ4n) is 1.98. The Balaban J connectivity index is 3.28. The van der Waals surface area contributed by atoms with Gasteiger partial charge in [0.05, 0.1) is 10.5 Å². The molecule has 0 spiro atoms. The summed E-state index contributed by atoms with van der Waals surface area (Å²) in [6, 6.07) is 1.19. The van der Waals surface area contributed by atoms with Gasteiger partial charge in [0.25, 0.3) is 0 Å². The summed E-state index contributed by atoms with van der Waals surface area (Å²) in [5.74, 6) is -1.22. The number of hydrogen-bond acceptors (Lipinski definition) is 4. The summed E-state index contributed by atoms with van der Waals surface area (Å²) < 4.78 is 61.5. The Bertz CT molecular complexity index is 687. The van der Waals surface area contributed by atoms with Crippen LogP contribution in [0.2, 0.25) is 0 Å². The predicted octanol–water partition coefficient (Wildman–Crippen LogP) is 2.26. The maximum Gasteiger partial charge on any atom is 0.417 e. The van der Waals surface area contributed by atoms with Crippen molar-refractivity contribution in [2.75, 3.05) is 5.32 Å². The van der Waals surface area contributed by atoms with Crippen molar-refractivity contribution < 1.29 is 31.5 Å². The van der Waals surface area contributed by atoms with Crippen molar-refractivity contribution in [3.05, 3.63) is 23.8 Å². The lowest BCUT2D eigenvalue weighted by molar-refractivity contribution is -0.140. The van der Waals surface area contributed by atoms with Crippen LogP contribution in [0.3, 0.4) is 0 Å². The Morgan fingerprint density at radius 2 is 1.91 bits per heavy atom. The van der Waals surface area contributed by atoms with Crippen LogP contribution in [0.15, 0.2) is 23.1 Å². The zero-order valence-electron chi connectivity index (χ0n) is 12.4. The quantitative estimate of drug-likeness (QED) is 0.726. The normalized spacial score (nSPS) is 13.9. The van der Waals surface area contributed by atoms with Crippen LogP contribution < -0.4 is 10.5 Å². The lowest BCUT2D eigenvalue weighted by Gasteiger charge is -2.19. The third kappa shape index (κ3) is 5.39. The van der Waals surface area contributed by atoms with E-state index in [0.29, 0.717) is 12.1 Å². The standard InChI is InChI=1S/C13H17F3N2O4S/c1-7(2)5-10(12(19)20)18-8-3-4-11(23(17,21)22)9(6-8)13(14,15)16/h3-4,6-7,10,18H,5H2,1-2H3,(H,19,20)(H2,17,21,22)/t10-/m1/s1. The minimum absolute atomic E-state index is 0.00520. The van der Waals surface area contributed by atoms with Crippen molar-refractivity contribution in [2.24, 2.45) is 11.1 Å².